The first-order valence-corrected chi connectivity index (χ1v) is 9.94. The zero-order chi connectivity index (χ0) is 15.0. The van der Waals surface area contributed by atoms with Gasteiger partial charge in [-0.3, -0.25) is 4.57 Å². The van der Waals surface area contributed by atoms with Crippen LogP contribution >= 0.6 is 39.5 Å². The van der Waals surface area contributed by atoms with E-state index < -0.39 is 7.60 Å². The maximum atomic E-state index is 12.8. The van der Waals surface area contributed by atoms with Gasteiger partial charge in [-0.05, 0) is 47.3 Å². The first-order valence-electron chi connectivity index (χ1n) is 6.48. The number of benzene rings is 1. The van der Waals surface area contributed by atoms with Gasteiger partial charge >= 0.3 is 7.60 Å². The minimum atomic E-state index is -3.29. The van der Waals surface area contributed by atoms with Crippen LogP contribution in [0.5, 0.6) is 0 Å². The summed E-state index contributed by atoms with van der Waals surface area (Å²) >= 11 is 6.89. The van der Waals surface area contributed by atoms with E-state index in [0.717, 1.165) is 22.9 Å². The zero-order valence-corrected chi connectivity index (χ0v) is 15.7. The summed E-state index contributed by atoms with van der Waals surface area (Å²) in [4.78, 5) is 0. The van der Waals surface area contributed by atoms with Gasteiger partial charge in [0.15, 0.2) is 0 Å². The third kappa shape index (κ3) is 4.81. The van der Waals surface area contributed by atoms with Crippen molar-refractivity contribution in [3.8, 4) is 0 Å². The number of rotatable bonds is 8. The van der Waals surface area contributed by atoms with E-state index in [4.69, 9.17) is 9.05 Å². The molecule has 0 fully saturated rings. The fraction of sp³-hybridized carbons (Fsp3) is 0.429. The molecule has 0 spiro atoms. The monoisotopic (exact) mass is 424 g/mol. The van der Waals surface area contributed by atoms with Crippen LogP contribution in [-0.4, -0.2) is 18.5 Å². The predicted octanol–water partition coefficient (Wildman–Crippen LogP) is 5.80. The molecule has 0 amide bonds. The van der Waals surface area contributed by atoms with E-state index in [1.165, 1.54) is 0 Å². The van der Waals surface area contributed by atoms with Crippen molar-refractivity contribution < 1.29 is 13.6 Å². The zero-order valence-electron chi connectivity index (χ0n) is 11.6. The number of halogens is 2. The average molecular weight is 426 g/mol. The van der Waals surface area contributed by atoms with Crippen molar-refractivity contribution >= 4 is 45.0 Å². The molecular weight excluding hydrogens is 407 g/mol. The summed E-state index contributed by atoms with van der Waals surface area (Å²) in [6.45, 7) is 4.28. The Labute approximate surface area is 137 Å². The maximum absolute atomic E-state index is 12.8. The van der Waals surface area contributed by atoms with Gasteiger partial charge in [-0.1, -0.05) is 46.3 Å². The highest BCUT2D eigenvalue weighted by atomic mass is 79.9. The molecule has 1 aromatic carbocycles. The molecule has 1 rings (SSSR count). The Kier molecular flexibility index (Phi) is 8.30. The Balaban J connectivity index is 3.29. The summed E-state index contributed by atoms with van der Waals surface area (Å²) in [5, 5.41) is 0.768. The van der Waals surface area contributed by atoms with Gasteiger partial charge in [-0.15, -0.1) is 0 Å². The summed E-state index contributed by atoms with van der Waals surface area (Å²) in [6.07, 6.45) is 0.731. The molecule has 0 aliphatic carbocycles. The van der Waals surface area contributed by atoms with E-state index in [-0.39, 0.29) is 0 Å². The van der Waals surface area contributed by atoms with Gasteiger partial charge in [-0.2, -0.15) is 0 Å². The highest BCUT2D eigenvalue weighted by molar-refractivity contribution is 9.13. The molecule has 0 saturated carbocycles. The van der Waals surface area contributed by atoms with Crippen molar-refractivity contribution in [2.24, 2.45) is 0 Å². The van der Waals surface area contributed by atoms with Crippen LogP contribution < -0.4 is 0 Å². The molecular formula is C14H19Br2O3P. The van der Waals surface area contributed by atoms with Gasteiger partial charge in [0.1, 0.15) is 4.22 Å². The van der Waals surface area contributed by atoms with E-state index in [9.17, 15) is 4.57 Å². The van der Waals surface area contributed by atoms with Crippen molar-refractivity contribution in [2.45, 2.75) is 20.3 Å². The second kappa shape index (κ2) is 9.16. The molecule has 0 radical (unpaired) electrons. The molecule has 6 heteroatoms. The quantitative estimate of drug-likeness (QED) is 0.390. The van der Waals surface area contributed by atoms with Crippen molar-refractivity contribution in [3.05, 3.63) is 40.1 Å². The molecule has 0 unspecified atom stereocenters. The molecule has 0 heterocycles. The van der Waals surface area contributed by atoms with Gasteiger partial charge < -0.3 is 9.05 Å². The Hall–Kier alpha value is 0.0700. The number of hydrogen-bond donors (Lipinski definition) is 0. The largest absolute Gasteiger partial charge is 0.368 e. The smallest absolute Gasteiger partial charge is 0.305 e. The van der Waals surface area contributed by atoms with Crippen LogP contribution in [0.2, 0.25) is 0 Å². The maximum Gasteiger partial charge on any atom is 0.368 e. The number of alkyl halides is 1. The highest BCUT2D eigenvalue weighted by Gasteiger charge is 2.30. The second-order valence-corrected chi connectivity index (χ2v) is 8.06. The molecule has 0 aromatic heterocycles. The fourth-order valence-corrected chi connectivity index (χ4v) is 4.75. The molecule has 1 aromatic rings. The third-order valence-corrected chi connectivity index (χ3v) is 6.68. The summed E-state index contributed by atoms with van der Waals surface area (Å²) in [5.41, 5.74) is 1.95. The standard InChI is InChI=1S/C14H19Br2O3P/c1-3-18-20(17,19-4-2)14(16)13(10-11-15)12-8-6-5-7-9-12/h5-9H,3-4,10-11H2,1-2H3/b14-13-. The molecule has 0 N–H and O–H groups in total. The molecule has 0 bridgehead atoms. The number of allylic oxidation sites excluding steroid dienone is 1. The van der Waals surface area contributed by atoms with Gasteiger partial charge in [0.05, 0.1) is 13.2 Å². The fourth-order valence-electron chi connectivity index (χ4n) is 1.76. The first kappa shape index (κ1) is 18.1. The van der Waals surface area contributed by atoms with Crippen LogP contribution in [0.1, 0.15) is 25.8 Å². The van der Waals surface area contributed by atoms with Crippen LogP contribution in [0.25, 0.3) is 5.57 Å². The van der Waals surface area contributed by atoms with Crippen molar-refractivity contribution in [1.82, 2.24) is 0 Å². The van der Waals surface area contributed by atoms with Gasteiger partial charge in [-0.25, -0.2) is 0 Å². The summed E-state index contributed by atoms with van der Waals surface area (Å²) in [7, 11) is -3.29. The molecule has 0 saturated heterocycles. The van der Waals surface area contributed by atoms with E-state index in [1.807, 2.05) is 30.3 Å². The summed E-state index contributed by atoms with van der Waals surface area (Å²) < 4.78 is 24.1. The van der Waals surface area contributed by atoms with Crippen molar-refractivity contribution in [1.29, 1.82) is 0 Å². The van der Waals surface area contributed by atoms with Crippen molar-refractivity contribution in [2.75, 3.05) is 18.5 Å². The van der Waals surface area contributed by atoms with Crippen LogP contribution in [0, 0.1) is 0 Å². The Morgan fingerprint density at radius 2 is 1.70 bits per heavy atom. The van der Waals surface area contributed by atoms with E-state index >= 15 is 0 Å². The lowest BCUT2D eigenvalue weighted by atomic mass is 10.1. The van der Waals surface area contributed by atoms with Gasteiger partial charge in [0.25, 0.3) is 0 Å². The third-order valence-electron chi connectivity index (χ3n) is 2.55. The normalized spacial score (nSPS) is 13.2. The molecule has 3 nitrogen and oxygen atoms in total. The van der Waals surface area contributed by atoms with Gasteiger partial charge in [0.2, 0.25) is 0 Å². The lowest BCUT2D eigenvalue weighted by Crippen LogP contribution is -1.99. The molecule has 0 atom stereocenters. The van der Waals surface area contributed by atoms with Crippen LogP contribution in [0.4, 0.5) is 0 Å². The van der Waals surface area contributed by atoms with Gasteiger partial charge in [0, 0.05) is 5.33 Å². The number of hydrogen-bond acceptors (Lipinski definition) is 3. The SMILES string of the molecule is CCOP(=O)(OCC)/C(Br)=C(/CCBr)c1ccccc1. The Morgan fingerprint density at radius 3 is 2.15 bits per heavy atom. The van der Waals surface area contributed by atoms with Crippen molar-refractivity contribution in [3.63, 3.8) is 0 Å². The summed E-state index contributed by atoms with van der Waals surface area (Å²) in [6, 6.07) is 9.84. The average Bonchev–Trinajstić information content (AvgIpc) is 2.45. The molecule has 0 aliphatic heterocycles. The minimum absolute atomic E-state index is 0.336. The minimum Gasteiger partial charge on any atom is -0.305 e. The lowest BCUT2D eigenvalue weighted by molar-refractivity contribution is 0.228. The van der Waals surface area contributed by atoms with E-state index in [1.54, 1.807) is 13.8 Å². The molecule has 20 heavy (non-hydrogen) atoms. The van der Waals surface area contributed by atoms with Crippen LogP contribution in [-0.2, 0) is 13.6 Å². The van der Waals surface area contributed by atoms with Crippen LogP contribution in [0.15, 0.2) is 34.6 Å². The van der Waals surface area contributed by atoms with E-state index in [2.05, 4.69) is 31.9 Å². The topological polar surface area (TPSA) is 35.5 Å². The summed E-state index contributed by atoms with van der Waals surface area (Å²) in [5.74, 6) is 0. The Bertz CT molecular complexity index is 478. The Morgan fingerprint density at radius 1 is 1.15 bits per heavy atom. The first-order chi connectivity index (χ1) is 9.59. The van der Waals surface area contributed by atoms with Crippen LogP contribution in [0.3, 0.4) is 0 Å². The molecule has 0 aliphatic rings. The highest BCUT2D eigenvalue weighted by Crippen LogP contribution is 2.61. The second-order valence-electron chi connectivity index (χ2n) is 3.91. The molecule has 112 valence electrons. The lowest BCUT2D eigenvalue weighted by Gasteiger charge is -2.19. The van der Waals surface area contributed by atoms with E-state index in [0.29, 0.717) is 17.4 Å². The predicted molar refractivity (Wildman–Crippen MR) is 91.6 cm³/mol.